The molecule has 0 unspecified atom stereocenters. The molecule has 220 valence electrons. The van der Waals surface area contributed by atoms with E-state index in [-0.39, 0.29) is 39.8 Å². The molecule has 2 fully saturated rings. The maximum absolute atomic E-state index is 15.4. The van der Waals surface area contributed by atoms with Crippen molar-refractivity contribution in [2.24, 2.45) is 0 Å². The molecule has 0 radical (unpaired) electrons. The summed E-state index contributed by atoms with van der Waals surface area (Å²) in [5, 5.41) is 3.31. The molecule has 0 bridgehead atoms. The van der Waals surface area contributed by atoms with Gasteiger partial charge in [-0.25, -0.2) is 18.7 Å². The second kappa shape index (κ2) is 11.9. The Morgan fingerprint density at radius 1 is 1.00 bits per heavy atom. The Morgan fingerprint density at radius 3 is 2.45 bits per heavy atom. The lowest BCUT2D eigenvalue weighted by Gasteiger charge is -2.35. The molecule has 2 aromatic carbocycles. The quantitative estimate of drug-likeness (QED) is 0.286. The van der Waals surface area contributed by atoms with Crippen molar-refractivity contribution in [3.05, 3.63) is 65.6 Å². The van der Waals surface area contributed by atoms with Crippen LogP contribution in [0.3, 0.4) is 0 Å². The lowest BCUT2D eigenvalue weighted by Crippen LogP contribution is -2.46. The van der Waals surface area contributed by atoms with E-state index in [1.807, 2.05) is 24.3 Å². The summed E-state index contributed by atoms with van der Waals surface area (Å²) in [6.45, 7) is 10.1. The number of halogens is 2. The molecule has 0 atom stereocenters. The molecule has 42 heavy (non-hydrogen) atoms. The number of nitrogens with one attached hydrogen (secondary N) is 2. The average molecular weight is 576 g/mol. The van der Waals surface area contributed by atoms with Crippen LogP contribution in [0.5, 0.6) is 11.6 Å². The molecular formula is C31H35F2N7O2. The maximum atomic E-state index is 15.4. The Balaban J connectivity index is 1.31. The first-order valence-electron chi connectivity index (χ1n) is 14.5. The van der Waals surface area contributed by atoms with Crippen LogP contribution in [0.15, 0.2) is 42.7 Å². The van der Waals surface area contributed by atoms with Gasteiger partial charge in [0.25, 0.3) is 5.91 Å². The summed E-state index contributed by atoms with van der Waals surface area (Å²) in [6.07, 6.45) is 4.06. The number of aromatic amines is 1. The number of nitrogens with zero attached hydrogens (tertiary/aromatic N) is 5. The van der Waals surface area contributed by atoms with Gasteiger partial charge in [-0.15, -0.1) is 0 Å². The van der Waals surface area contributed by atoms with Gasteiger partial charge in [-0.1, -0.05) is 6.92 Å². The number of anilines is 3. The fourth-order valence-corrected chi connectivity index (χ4v) is 5.72. The molecule has 9 nitrogen and oxygen atoms in total. The summed E-state index contributed by atoms with van der Waals surface area (Å²) < 4.78 is 36.2. The summed E-state index contributed by atoms with van der Waals surface area (Å²) in [7, 11) is 0. The number of piperazine rings is 1. The Morgan fingerprint density at radius 2 is 1.74 bits per heavy atom. The van der Waals surface area contributed by atoms with Crippen LogP contribution in [0, 0.1) is 18.6 Å². The van der Waals surface area contributed by atoms with E-state index >= 15 is 4.39 Å². The number of likely N-dealkylation sites (tertiary alicyclic amines) is 1. The standard InChI is InChI=1S/C31H35F2N7O2/c1-3-38-13-15-39(16-14-38)22-9-7-21(8-10-22)37-29-26(31(41)40-11-5-4-6-12-40)30(35-19-34-29)42-25-18-24(32)28-23(27(25)33)17-20(2)36-28/h7-10,17-19,36H,3-6,11-16H2,1-2H3,(H,34,35,37). The van der Waals surface area contributed by atoms with Crippen LogP contribution in [0.25, 0.3) is 10.9 Å². The van der Waals surface area contributed by atoms with Gasteiger partial charge in [0.2, 0.25) is 5.88 Å². The highest BCUT2D eigenvalue weighted by molar-refractivity contribution is 6.01. The zero-order valence-electron chi connectivity index (χ0n) is 23.9. The Kier molecular flexibility index (Phi) is 7.92. The molecule has 0 aliphatic carbocycles. The van der Waals surface area contributed by atoms with E-state index in [0.717, 1.165) is 69.4 Å². The number of piperidine rings is 1. The molecule has 4 aromatic rings. The maximum Gasteiger partial charge on any atom is 0.263 e. The van der Waals surface area contributed by atoms with Crippen LogP contribution >= 0.6 is 0 Å². The van der Waals surface area contributed by atoms with Gasteiger partial charge in [-0.2, -0.15) is 0 Å². The number of carbonyl (C=O) groups excluding carboxylic acids is 1. The van der Waals surface area contributed by atoms with Crippen LogP contribution < -0.4 is 15.0 Å². The van der Waals surface area contributed by atoms with Crippen molar-refractivity contribution < 1.29 is 18.3 Å². The number of aryl methyl sites for hydroxylation is 1. The van der Waals surface area contributed by atoms with Gasteiger partial charge in [0.1, 0.15) is 11.9 Å². The van der Waals surface area contributed by atoms with Gasteiger partial charge < -0.3 is 29.7 Å². The molecule has 2 N–H and O–H groups in total. The number of hydrogen-bond acceptors (Lipinski definition) is 7. The highest BCUT2D eigenvalue weighted by Gasteiger charge is 2.28. The Bertz CT molecular complexity index is 1580. The number of benzene rings is 2. The molecule has 2 aliphatic rings. The third-order valence-corrected chi connectivity index (χ3v) is 8.09. The monoisotopic (exact) mass is 575 g/mol. The van der Waals surface area contributed by atoms with Crippen LogP contribution in [0.4, 0.5) is 26.0 Å². The SMILES string of the molecule is CCN1CCN(c2ccc(Nc3ncnc(Oc4cc(F)c5[nH]c(C)cc5c4F)c3C(=O)N3CCCCC3)cc2)CC1. The van der Waals surface area contributed by atoms with Crippen molar-refractivity contribution >= 4 is 34.0 Å². The minimum atomic E-state index is -0.740. The highest BCUT2D eigenvalue weighted by atomic mass is 19.1. The van der Waals surface area contributed by atoms with E-state index < -0.39 is 11.6 Å². The van der Waals surface area contributed by atoms with Gasteiger partial charge in [0.15, 0.2) is 23.2 Å². The lowest BCUT2D eigenvalue weighted by molar-refractivity contribution is 0.0721. The summed E-state index contributed by atoms with van der Waals surface area (Å²) in [5.41, 5.74) is 2.60. The minimum absolute atomic E-state index is 0.0581. The lowest BCUT2D eigenvalue weighted by atomic mass is 10.1. The molecule has 4 heterocycles. The highest BCUT2D eigenvalue weighted by Crippen LogP contribution is 2.36. The molecule has 2 aromatic heterocycles. The summed E-state index contributed by atoms with van der Waals surface area (Å²) >= 11 is 0. The zero-order chi connectivity index (χ0) is 29.2. The molecule has 2 saturated heterocycles. The molecule has 0 spiro atoms. The van der Waals surface area contributed by atoms with Crippen molar-refractivity contribution in [2.75, 3.05) is 56.0 Å². The van der Waals surface area contributed by atoms with E-state index in [1.54, 1.807) is 11.8 Å². The number of fused-ring (bicyclic) bond motifs is 1. The van der Waals surface area contributed by atoms with E-state index in [9.17, 15) is 9.18 Å². The first-order chi connectivity index (χ1) is 20.4. The molecule has 1 amide bonds. The predicted octanol–water partition coefficient (Wildman–Crippen LogP) is 5.85. The van der Waals surface area contributed by atoms with E-state index in [4.69, 9.17) is 4.74 Å². The average Bonchev–Trinajstić information content (AvgIpc) is 3.43. The van der Waals surface area contributed by atoms with Crippen LogP contribution in [-0.2, 0) is 0 Å². The number of amides is 1. The molecular weight excluding hydrogens is 540 g/mol. The minimum Gasteiger partial charge on any atom is -0.435 e. The number of aromatic nitrogens is 3. The predicted molar refractivity (Wildman–Crippen MR) is 159 cm³/mol. The van der Waals surface area contributed by atoms with Crippen LogP contribution in [0.2, 0.25) is 0 Å². The second-order valence-corrected chi connectivity index (χ2v) is 10.9. The zero-order valence-corrected chi connectivity index (χ0v) is 23.9. The van der Waals surface area contributed by atoms with E-state index in [1.165, 1.54) is 12.4 Å². The van der Waals surface area contributed by atoms with E-state index in [0.29, 0.717) is 18.8 Å². The summed E-state index contributed by atoms with van der Waals surface area (Å²) in [6, 6.07) is 10.5. The van der Waals surface area contributed by atoms with Gasteiger partial charge >= 0.3 is 0 Å². The topological polar surface area (TPSA) is 89.6 Å². The van der Waals surface area contributed by atoms with Crippen LogP contribution in [-0.4, -0.2) is 76.5 Å². The first kappa shape index (κ1) is 27.9. The number of H-pyrrole nitrogens is 1. The normalized spacial score (nSPS) is 16.2. The number of carbonyl (C=O) groups is 1. The summed E-state index contributed by atoms with van der Waals surface area (Å²) in [5.74, 6) is -1.99. The number of likely N-dealkylation sites (N-methyl/N-ethyl adjacent to an activating group) is 1. The number of ether oxygens (including phenoxy) is 1. The van der Waals surface area contributed by atoms with Crippen molar-refractivity contribution in [1.29, 1.82) is 0 Å². The van der Waals surface area contributed by atoms with Crippen LogP contribution in [0.1, 0.15) is 42.2 Å². The van der Waals surface area contributed by atoms with Gasteiger partial charge in [0.05, 0.1) is 5.52 Å². The van der Waals surface area contributed by atoms with E-state index in [2.05, 4.69) is 37.0 Å². The molecule has 0 saturated carbocycles. The largest absolute Gasteiger partial charge is 0.435 e. The third-order valence-electron chi connectivity index (χ3n) is 8.09. The number of rotatable bonds is 7. The van der Waals surface area contributed by atoms with Gasteiger partial charge in [-0.3, -0.25) is 4.79 Å². The summed E-state index contributed by atoms with van der Waals surface area (Å²) in [4.78, 5) is 31.8. The first-order valence-corrected chi connectivity index (χ1v) is 14.5. The van der Waals surface area contributed by atoms with Crippen molar-refractivity contribution in [3.8, 4) is 11.6 Å². The second-order valence-electron chi connectivity index (χ2n) is 10.9. The van der Waals surface area contributed by atoms with Gasteiger partial charge in [-0.05, 0) is 63.1 Å². The fourth-order valence-electron chi connectivity index (χ4n) is 5.72. The molecule has 6 rings (SSSR count). The molecule has 11 heteroatoms. The number of hydrogen-bond donors (Lipinski definition) is 2. The van der Waals surface area contributed by atoms with Crippen molar-refractivity contribution in [3.63, 3.8) is 0 Å². The molecule has 2 aliphatic heterocycles. The third kappa shape index (κ3) is 5.61. The Labute approximate surface area is 243 Å². The van der Waals surface area contributed by atoms with Crippen molar-refractivity contribution in [2.45, 2.75) is 33.1 Å². The smallest absolute Gasteiger partial charge is 0.263 e. The Hall–Kier alpha value is -4.25. The van der Waals surface area contributed by atoms with Gasteiger partial charge in [0, 0.05) is 67.8 Å². The van der Waals surface area contributed by atoms with Crippen molar-refractivity contribution in [1.82, 2.24) is 24.8 Å². The fraction of sp³-hybridized carbons (Fsp3) is 0.387.